The lowest BCUT2D eigenvalue weighted by atomic mass is 9.95. The Morgan fingerprint density at radius 1 is 1.00 bits per heavy atom. The van der Waals surface area contributed by atoms with Crippen molar-refractivity contribution in [1.29, 1.82) is 0 Å². The van der Waals surface area contributed by atoms with Gasteiger partial charge in [-0.25, -0.2) is 9.97 Å². The lowest BCUT2D eigenvalue weighted by Gasteiger charge is -2.34. The molecule has 148 valence electrons. The van der Waals surface area contributed by atoms with E-state index >= 15 is 0 Å². The van der Waals surface area contributed by atoms with E-state index in [0.717, 1.165) is 48.6 Å². The summed E-state index contributed by atoms with van der Waals surface area (Å²) in [5.74, 6) is 1.25. The normalized spacial score (nSPS) is 14.6. The van der Waals surface area contributed by atoms with E-state index in [1.54, 1.807) is 6.33 Å². The van der Waals surface area contributed by atoms with Gasteiger partial charge >= 0.3 is 0 Å². The molecule has 5 heteroatoms. The van der Waals surface area contributed by atoms with Crippen LogP contribution in [0.5, 0.6) is 0 Å². The number of carbonyl (C=O) groups is 1. The molecule has 1 aromatic heterocycles. The molecular weight excluding hydrogens is 360 g/mol. The smallest absolute Gasteiger partial charge is 0.225 e. The van der Waals surface area contributed by atoms with Crippen LogP contribution in [0.15, 0.2) is 73.1 Å². The van der Waals surface area contributed by atoms with Gasteiger partial charge in [-0.05, 0) is 18.4 Å². The molecule has 29 heavy (non-hydrogen) atoms. The molecule has 0 unspecified atom stereocenters. The summed E-state index contributed by atoms with van der Waals surface area (Å²) in [5.41, 5.74) is 3.18. The van der Waals surface area contributed by atoms with Crippen molar-refractivity contribution >= 4 is 11.7 Å². The number of hydrogen-bond acceptors (Lipinski definition) is 4. The molecule has 0 spiro atoms. The molecule has 3 aromatic rings. The maximum Gasteiger partial charge on any atom is 0.225 e. The van der Waals surface area contributed by atoms with E-state index in [-0.39, 0.29) is 11.8 Å². The molecule has 1 fully saturated rings. The minimum absolute atomic E-state index is 0.0791. The van der Waals surface area contributed by atoms with Crippen LogP contribution in [0.1, 0.15) is 18.4 Å². The van der Waals surface area contributed by atoms with E-state index in [9.17, 15) is 4.79 Å². The van der Waals surface area contributed by atoms with Crippen LogP contribution in [-0.4, -0.2) is 40.9 Å². The van der Waals surface area contributed by atoms with Crippen molar-refractivity contribution in [1.82, 2.24) is 14.9 Å². The van der Waals surface area contributed by atoms with Crippen molar-refractivity contribution < 1.29 is 4.79 Å². The van der Waals surface area contributed by atoms with E-state index in [0.29, 0.717) is 6.54 Å². The predicted molar refractivity (Wildman–Crippen MR) is 115 cm³/mol. The predicted octanol–water partition coefficient (Wildman–Crippen LogP) is 4.02. The summed E-state index contributed by atoms with van der Waals surface area (Å²) < 4.78 is 0. The van der Waals surface area contributed by atoms with Gasteiger partial charge in [0.05, 0.1) is 5.69 Å². The maximum atomic E-state index is 12.9. The quantitative estimate of drug-likeness (QED) is 0.665. The minimum Gasteiger partial charge on any atom is -0.356 e. The Labute approximate surface area is 172 Å². The fourth-order valence-electron chi connectivity index (χ4n) is 3.89. The Bertz CT molecular complexity index is 937. The molecule has 1 amide bonds. The van der Waals surface area contributed by atoms with Crippen LogP contribution in [0.25, 0.3) is 11.3 Å². The second kappa shape index (κ2) is 8.86. The van der Waals surface area contributed by atoms with Gasteiger partial charge < -0.3 is 9.80 Å². The highest BCUT2D eigenvalue weighted by Gasteiger charge is 2.28. The van der Waals surface area contributed by atoms with Gasteiger partial charge in [-0.2, -0.15) is 0 Å². The highest BCUT2D eigenvalue weighted by molar-refractivity contribution is 5.79. The third-order valence-electron chi connectivity index (χ3n) is 5.53. The van der Waals surface area contributed by atoms with Crippen molar-refractivity contribution in [3.8, 4) is 11.3 Å². The molecule has 1 saturated heterocycles. The Kier molecular flexibility index (Phi) is 5.84. The molecule has 2 heterocycles. The van der Waals surface area contributed by atoms with Gasteiger partial charge in [0.25, 0.3) is 0 Å². The average Bonchev–Trinajstić information content (AvgIpc) is 2.80. The monoisotopic (exact) mass is 386 g/mol. The van der Waals surface area contributed by atoms with Crippen molar-refractivity contribution in [3.05, 3.63) is 78.6 Å². The van der Waals surface area contributed by atoms with Gasteiger partial charge in [-0.15, -0.1) is 0 Å². The van der Waals surface area contributed by atoms with Crippen LogP contribution in [0, 0.1) is 5.92 Å². The number of carbonyl (C=O) groups excluding carboxylic acids is 1. The maximum absolute atomic E-state index is 12.9. The molecule has 0 radical (unpaired) electrons. The molecule has 0 bridgehead atoms. The Morgan fingerprint density at radius 3 is 2.34 bits per heavy atom. The standard InChI is InChI=1S/C24H26N4O/c1-27(17-19-8-4-2-5-9-19)24(29)21-12-14-28(15-13-21)23-16-22(25-18-26-23)20-10-6-3-7-11-20/h2-11,16,18,21H,12-15,17H2,1H3. The first-order valence-corrected chi connectivity index (χ1v) is 10.1. The van der Waals surface area contributed by atoms with E-state index in [2.05, 4.69) is 39.1 Å². The van der Waals surface area contributed by atoms with Gasteiger partial charge in [0.2, 0.25) is 5.91 Å². The molecule has 0 N–H and O–H groups in total. The molecule has 4 rings (SSSR count). The molecule has 0 atom stereocenters. The molecule has 5 nitrogen and oxygen atoms in total. The van der Waals surface area contributed by atoms with Gasteiger partial charge in [-0.3, -0.25) is 4.79 Å². The molecular formula is C24H26N4O. The van der Waals surface area contributed by atoms with Crippen molar-refractivity contribution in [2.75, 3.05) is 25.0 Å². The van der Waals surface area contributed by atoms with Crippen LogP contribution in [-0.2, 0) is 11.3 Å². The number of rotatable bonds is 5. The van der Waals surface area contributed by atoms with Crippen LogP contribution >= 0.6 is 0 Å². The minimum atomic E-state index is 0.0791. The number of nitrogens with zero attached hydrogens (tertiary/aromatic N) is 4. The zero-order chi connectivity index (χ0) is 20.1. The van der Waals surface area contributed by atoms with Gasteiger partial charge in [0, 0.05) is 44.2 Å². The van der Waals surface area contributed by atoms with E-state index in [4.69, 9.17) is 0 Å². The average molecular weight is 386 g/mol. The highest BCUT2D eigenvalue weighted by Crippen LogP contribution is 2.26. The SMILES string of the molecule is CN(Cc1ccccc1)C(=O)C1CCN(c2cc(-c3ccccc3)ncn2)CC1. The summed E-state index contributed by atoms with van der Waals surface area (Å²) in [6, 6.07) is 22.3. The van der Waals surface area contributed by atoms with E-state index in [1.807, 2.05) is 54.4 Å². The van der Waals surface area contributed by atoms with E-state index in [1.165, 1.54) is 0 Å². The van der Waals surface area contributed by atoms with Gasteiger partial charge in [0.1, 0.15) is 12.1 Å². The van der Waals surface area contributed by atoms with Gasteiger partial charge in [0.15, 0.2) is 0 Å². The summed E-state index contributed by atoms with van der Waals surface area (Å²) in [6.45, 7) is 2.33. The Morgan fingerprint density at radius 2 is 1.66 bits per heavy atom. The molecule has 1 aliphatic heterocycles. The summed E-state index contributed by atoms with van der Waals surface area (Å²) in [5, 5.41) is 0. The number of hydrogen-bond donors (Lipinski definition) is 0. The number of aromatic nitrogens is 2. The number of anilines is 1. The summed E-state index contributed by atoms with van der Waals surface area (Å²) in [6.07, 6.45) is 3.33. The fourth-order valence-corrected chi connectivity index (χ4v) is 3.89. The fraction of sp³-hybridized carbons (Fsp3) is 0.292. The first-order chi connectivity index (χ1) is 14.2. The summed E-state index contributed by atoms with van der Waals surface area (Å²) in [7, 11) is 1.90. The third-order valence-corrected chi connectivity index (χ3v) is 5.53. The van der Waals surface area contributed by atoms with E-state index < -0.39 is 0 Å². The van der Waals surface area contributed by atoms with Crippen LogP contribution in [0.2, 0.25) is 0 Å². The third kappa shape index (κ3) is 4.62. The highest BCUT2D eigenvalue weighted by atomic mass is 16.2. The molecule has 0 saturated carbocycles. The van der Waals surface area contributed by atoms with Crippen LogP contribution < -0.4 is 4.90 Å². The van der Waals surface area contributed by atoms with Crippen molar-refractivity contribution in [2.45, 2.75) is 19.4 Å². The molecule has 2 aromatic carbocycles. The summed E-state index contributed by atoms with van der Waals surface area (Å²) >= 11 is 0. The molecule has 1 aliphatic rings. The zero-order valence-electron chi connectivity index (χ0n) is 16.7. The lowest BCUT2D eigenvalue weighted by molar-refractivity contribution is -0.135. The van der Waals surface area contributed by atoms with Crippen LogP contribution in [0.4, 0.5) is 5.82 Å². The first-order valence-electron chi connectivity index (χ1n) is 10.1. The topological polar surface area (TPSA) is 49.3 Å². The van der Waals surface area contributed by atoms with Crippen molar-refractivity contribution in [3.63, 3.8) is 0 Å². The Hall–Kier alpha value is -3.21. The number of benzene rings is 2. The van der Waals surface area contributed by atoms with Crippen molar-refractivity contribution in [2.24, 2.45) is 5.92 Å². The first kappa shape index (κ1) is 19.1. The largest absolute Gasteiger partial charge is 0.356 e. The summed E-state index contributed by atoms with van der Waals surface area (Å²) in [4.78, 5) is 25.9. The zero-order valence-corrected chi connectivity index (χ0v) is 16.7. The second-order valence-corrected chi connectivity index (χ2v) is 7.57. The molecule has 0 aliphatic carbocycles. The lowest BCUT2D eigenvalue weighted by Crippen LogP contribution is -2.41. The number of piperidine rings is 1. The second-order valence-electron chi connectivity index (χ2n) is 7.57. The Balaban J connectivity index is 1.36. The van der Waals surface area contributed by atoms with Gasteiger partial charge in [-0.1, -0.05) is 60.7 Å². The number of amides is 1. The van der Waals surface area contributed by atoms with Crippen LogP contribution in [0.3, 0.4) is 0 Å².